The number of amides is 3. The highest BCUT2D eigenvalue weighted by molar-refractivity contribution is 6.07. The van der Waals surface area contributed by atoms with Gasteiger partial charge in [-0.05, 0) is 30.9 Å². The highest BCUT2D eigenvalue weighted by Crippen LogP contribution is 2.33. The van der Waals surface area contributed by atoms with Crippen molar-refractivity contribution >= 4 is 17.9 Å². The molecule has 3 atom stereocenters. The number of carbonyl (C=O) groups is 3. The molecular weight excluding hydrogens is 324 g/mol. The summed E-state index contributed by atoms with van der Waals surface area (Å²) in [6, 6.07) is -1.96. The van der Waals surface area contributed by atoms with Crippen LogP contribution in [0.25, 0.3) is 0 Å². The molecule has 25 heavy (non-hydrogen) atoms. The standard InChI is InChI=1S/C17H26N4O4/c1-9(2)10(3)19-17(25)21-14(16(23)24)12(15(21)22)7-11-5-6-20(4)13(18)8-11/h5,8-10,12,14H,6-7,18H2,1-4H3,(H,19,25)(H,23,24)/t10?,12-,14?/m1/s1. The van der Waals surface area contributed by atoms with Crippen LogP contribution in [-0.4, -0.2) is 58.5 Å². The van der Waals surface area contributed by atoms with E-state index in [-0.39, 0.29) is 18.4 Å². The number of imide groups is 1. The van der Waals surface area contributed by atoms with E-state index in [1.165, 1.54) is 0 Å². The molecule has 1 saturated heterocycles. The van der Waals surface area contributed by atoms with Crippen LogP contribution in [0.4, 0.5) is 4.79 Å². The molecule has 138 valence electrons. The van der Waals surface area contributed by atoms with Gasteiger partial charge in [0.05, 0.1) is 11.7 Å². The van der Waals surface area contributed by atoms with Crippen LogP contribution in [0.2, 0.25) is 0 Å². The molecule has 0 bridgehead atoms. The number of likely N-dealkylation sites (tertiary alicyclic amines) is 1. The van der Waals surface area contributed by atoms with Crippen molar-refractivity contribution in [1.29, 1.82) is 0 Å². The lowest BCUT2D eigenvalue weighted by Crippen LogP contribution is -2.68. The number of allylic oxidation sites excluding steroid dienone is 2. The summed E-state index contributed by atoms with van der Waals surface area (Å²) in [4.78, 5) is 38.9. The number of nitrogens with one attached hydrogen (secondary N) is 1. The molecule has 8 heteroatoms. The first-order valence-corrected chi connectivity index (χ1v) is 8.37. The molecule has 4 N–H and O–H groups in total. The topological polar surface area (TPSA) is 116 Å². The SMILES string of the molecule is CC(C)C(C)NC(=O)N1C(=O)[C@H](CC2=CCN(C)C(N)=C2)C1C(=O)O. The quantitative estimate of drug-likeness (QED) is 0.629. The van der Waals surface area contributed by atoms with Gasteiger partial charge in [-0.15, -0.1) is 0 Å². The van der Waals surface area contributed by atoms with Crippen LogP contribution in [0.15, 0.2) is 23.5 Å². The molecule has 8 nitrogen and oxygen atoms in total. The second-order valence-electron chi connectivity index (χ2n) is 7.01. The smallest absolute Gasteiger partial charge is 0.327 e. The number of hydrogen-bond acceptors (Lipinski definition) is 5. The van der Waals surface area contributed by atoms with E-state index in [1.807, 2.05) is 38.8 Å². The van der Waals surface area contributed by atoms with Gasteiger partial charge in [0.1, 0.15) is 0 Å². The summed E-state index contributed by atoms with van der Waals surface area (Å²) in [5.41, 5.74) is 6.68. The number of urea groups is 1. The van der Waals surface area contributed by atoms with Crippen molar-refractivity contribution in [3.63, 3.8) is 0 Å². The maximum Gasteiger partial charge on any atom is 0.327 e. The Kier molecular flexibility index (Phi) is 5.39. The Hall–Kier alpha value is -2.51. The van der Waals surface area contributed by atoms with Gasteiger partial charge in [0.2, 0.25) is 5.91 Å². The first-order valence-electron chi connectivity index (χ1n) is 8.37. The van der Waals surface area contributed by atoms with E-state index in [0.717, 1.165) is 10.5 Å². The summed E-state index contributed by atoms with van der Waals surface area (Å²) in [7, 11) is 1.84. The number of carbonyl (C=O) groups excluding carboxylic acids is 2. The minimum atomic E-state index is -1.18. The van der Waals surface area contributed by atoms with Gasteiger partial charge in [-0.1, -0.05) is 19.9 Å². The van der Waals surface area contributed by atoms with E-state index >= 15 is 0 Å². The third kappa shape index (κ3) is 3.78. The fraction of sp³-hybridized carbons (Fsp3) is 0.588. The Bertz CT molecular complexity index is 641. The van der Waals surface area contributed by atoms with E-state index < -0.39 is 29.9 Å². The van der Waals surface area contributed by atoms with Crippen molar-refractivity contribution in [1.82, 2.24) is 15.1 Å². The number of β-lactam (4-membered cyclic amide) rings is 1. The van der Waals surface area contributed by atoms with Gasteiger partial charge in [0.25, 0.3) is 0 Å². The summed E-state index contributed by atoms with van der Waals surface area (Å²) in [6.07, 6.45) is 3.90. The Morgan fingerprint density at radius 3 is 2.56 bits per heavy atom. The highest BCUT2D eigenvalue weighted by atomic mass is 16.4. The van der Waals surface area contributed by atoms with Crippen molar-refractivity contribution in [2.75, 3.05) is 13.6 Å². The zero-order valence-electron chi connectivity index (χ0n) is 15.0. The van der Waals surface area contributed by atoms with Crippen molar-refractivity contribution in [2.24, 2.45) is 17.6 Å². The average Bonchev–Trinajstić information content (AvgIpc) is 2.52. The van der Waals surface area contributed by atoms with E-state index in [4.69, 9.17) is 5.73 Å². The summed E-state index contributed by atoms with van der Waals surface area (Å²) in [6.45, 7) is 6.29. The van der Waals surface area contributed by atoms with E-state index in [0.29, 0.717) is 12.4 Å². The molecule has 3 amide bonds. The normalized spacial score (nSPS) is 24.4. The lowest BCUT2D eigenvalue weighted by Gasteiger charge is -2.43. The number of aliphatic carboxylic acids is 1. The third-order valence-corrected chi connectivity index (χ3v) is 4.89. The van der Waals surface area contributed by atoms with E-state index in [9.17, 15) is 19.5 Å². The lowest BCUT2D eigenvalue weighted by molar-refractivity contribution is -0.165. The third-order valence-electron chi connectivity index (χ3n) is 4.89. The Morgan fingerprint density at radius 1 is 1.40 bits per heavy atom. The molecule has 2 aliphatic rings. The second-order valence-corrected chi connectivity index (χ2v) is 7.01. The molecule has 0 aromatic rings. The molecular formula is C17H26N4O4. The van der Waals surface area contributed by atoms with Gasteiger partial charge in [-0.3, -0.25) is 4.79 Å². The number of rotatable bonds is 5. The number of carboxylic acids is 1. The predicted octanol–water partition coefficient (Wildman–Crippen LogP) is 0.714. The van der Waals surface area contributed by atoms with Crippen LogP contribution in [0.1, 0.15) is 27.2 Å². The molecule has 0 saturated carbocycles. The summed E-state index contributed by atoms with van der Waals surface area (Å²) in [5.74, 6) is -1.65. The van der Waals surface area contributed by atoms with Gasteiger partial charge < -0.3 is 21.1 Å². The largest absolute Gasteiger partial charge is 0.480 e. The Morgan fingerprint density at radius 2 is 2.04 bits per heavy atom. The molecule has 2 unspecified atom stereocenters. The minimum Gasteiger partial charge on any atom is -0.480 e. The molecule has 2 aliphatic heterocycles. The summed E-state index contributed by atoms with van der Waals surface area (Å²) < 4.78 is 0. The van der Waals surface area contributed by atoms with Gasteiger partial charge >= 0.3 is 12.0 Å². The fourth-order valence-electron chi connectivity index (χ4n) is 2.80. The monoisotopic (exact) mass is 350 g/mol. The first-order chi connectivity index (χ1) is 11.6. The van der Waals surface area contributed by atoms with Crippen molar-refractivity contribution < 1.29 is 19.5 Å². The minimum absolute atomic E-state index is 0.159. The molecule has 0 radical (unpaired) electrons. The molecule has 2 heterocycles. The maximum atomic E-state index is 12.4. The lowest BCUT2D eigenvalue weighted by atomic mass is 9.82. The molecule has 1 fully saturated rings. The molecule has 0 aromatic carbocycles. The molecule has 0 aliphatic carbocycles. The number of likely N-dealkylation sites (N-methyl/N-ethyl adjacent to an activating group) is 1. The van der Waals surface area contributed by atoms with Crippen LogP contribution in [0.3, 0.4) is 0 Å². The van der Waals surface area contributed by atoms with Crippen molar-refractivity contribution in [3.8, 4) is 0 Å². The second kappa shape index (κ2) is 7.16. The Labute approximate surface area is 147 Å². The molecule has 2 rings (SSSR count). The van der Waals surface area contributed by atoms with E-state index in [1.54, 1.807) is 6.08 Å². The van der Waals surface area contributed by atoms with Gasteiger partial charge in [-0.2, -0.15) is 0 Å². The zero-order valence-corrected chi connectivity index (χ0v) is 15.0. The average molecular weight is 350 g/mol. The van der Waals surface area contributed by atoms with Crippen molar-refractivity contribution in [3.05, 3.63) is 23.5 Å². The number of nitrogens with zero attached hydrogens (tertiary/aromatic N) is 2. The molecule has 0 aromatic heterocycles. The zero-order chi connectivity index (χ0) is 18.9. The first kappa shape index (κ1) is 18.8. The predicted molar refractivity (Wildman–Crippen MR) is 92.2 cm³/mol. The maximum absolute atomic E-state index is 12.4. The number of carboxylic acid groups (broad SMARTS) is 1. The summed E-state index contributed by atoms with van der Waals surface area (Å²) in [5, 5.41) is 12.1. The number of nitrogens with two attached hydrogens (primary N) is 1. The van der Waals surface area contributed by atoms with Crippen LogP contribution < -0.4 is 11.1 Å². The van der Waals surface area contributed by atoms with Gasteiger partial charge in [0.15, 0.2) is 6.04 Å². The van der Waals surface area contributed by atoms with Crippen LogP contribution in [0, 0.1) is 11.8 Å². The Balaban J connectivity index is 2.08. The van der Waals surface area contributed by atoms with Gasteiger partial charge in [0, 0.05) is 19.6 Å². The summed E-state index contributed by atoms with van der Waals surface area (Å²) >= 11 is 0. The number of hydrogen-bond donors (Lipinski definition) is 3. The molecule has 0 spiro atoms. The van der Waals surface area contributed by atoms with E-state index in [2.05, 4.69) is 5.32 Å². The van der Waals surface area contributed by atoms with Crippen LogP contribution >= 0.6 is 0 Å². The van der Waals surface area contributed by atoms with Crippen LogP contribution in [0.5, 0.6) is 0 Å². The van der Waals surface area contributed by atoms with Gasteiger partial charge in [-0.25, -0.2) is 14.5 Å². The van der Waals surface area contributed by atoms with Crippen LogP contribution in [-0.2, 0) is 9.59 Å². The van der Waals surface area contributed by atoms with Crippen molar-refractivity contribution in [2.45, 2.75) is 39.3 Å². The fourth-order valence-corrected chi connectivity index (χ4v) is 2.80. The highest BCUT2D eigenvalue weighted by Gasteiger charge is 2.54.